The molecule has 1 amide bonds. The number of benzene rings is 2. The minimum absolute atomic E-state index is 0.0626. The molecule has 1 aromatic heterocycles. The maximum atomic E-state index is 13.1. The van der Waals surface area contributed by atoms with Crippen molar-refractivity contribution in [1.29, 1.82) is 0 Å². The average molecular weight is 431 g/mol. The molecule has 1 aliphatic rings. The minimum Gasteiger partial charge on any atom is -0.507 e. The van der Waals surface area contributed by atoms with Gasteiger partial charge in [0.1, 0.15) is 17.3 Å². The lowest BCUT2D eigenvalue weighted by Gasteiger charge is -2.24. The van der Waals surface area contributed by atoms with E-state index in [1.54, 1.807) is 24.3 Å². The molecule has 4 rings (SSSR count). The van der Waals surface area contributed by atoms with Gasteiger partial charge in [0, 0.05) is 5.56 Å². The molecule has 1 fully saturated rings. The highest BCUT2D eigenvalue weighted by atomic mass is 16.5. The van der Waals surface area contributed by atoms with Gasteiger partial charge in [-0.3, -0.25) is 9.59 Å². The number of hydrogen-bond donors (Lipinski definition) is 1. The Morgan fingerprint density at radius 2 is 1.78 bits per heavy atom. The van der Waals surface area contributed by atoms with E-state index in [1.807, 2.05) is 50.2 Å². The van der Waals surface area contributed by atoms with Crippen molar-refractivity contribution < 1.29 is 23.8 Å². The van der Waals surface area contributed by atoms with Crippen LogP contribution in [-0.4, -0.2) is 28.3 Å². The maximum absolute atomic E-state index is 13.1. The first-order chi connectivity index (χ1) is 15.5. The Bertz CT molecular complexity index is 1130. The topological polar surface area (TPSA) is 80.0 Å². The summed E-state index contributed by atoms with van der Waals surface area (Å²) in [4.78, 5) is 27.5. The van der Waals surface area contributed by atoms with E-state index in [0.717, 1.165) is 12.0 Å². The van der Waals surface area contributed by atoms with Crippen molar-refractivity contribution in [1.82, 2.24) is 4.90 Å². The van der Waals surface area contributed by atoms with Gasteiger partial charge in [-0.1, -0.05) is 48.9 Å². The molecule has 0 aliphatic carbocycles. The molecular formula is C26H25NO5. The predicted molar refractivity (Wildman–Crippen MR) is 120 cm³/mol. The Morgan fingerprint density at radius 3 is 2.41 bits per heavy atom. The number of carbonyl (C=O) groups excluding carboxylic acids is 2. The van der Waals surface area contributed by atoms with Crippen LogP contribution < -0.4 is 4.74 Å². The summed E-state index contributed by atoms with van der Waals surface area (Å²) in [5, 5.41) is 11.1. The Labute approximate surface area is 186 Å². The molecule has 1 unspecified atom stereocenters. The molecule has 1 atom stereocenters. The number of carbonyl (C=O) groups is 2. The SMILES string of the molecule is CCCOc1ccc(C2/C(=C(/O)c3ccc(C)cc3)C(=O)C(=O)N2Cc2ccco2)cc1. The number of likely N-dealkylation sites (tertiary alicyclic amines) is 1. The zero-order chi connectivity index (χ0) is 22.7. The lowest BCUT2D eigenvalue weighted by Crippen LogP contribution is -2.29. The van der Waals surface area contributed by atoms with Gasteiger partial charge in [-0.25, -0.2) is 0 Å². The molecule has 1 aliphatic heterocycles. The predicted octanol–water partition coefficient (Wildman–Crippen LogP) is 5.00. The van der Waals surface area contributed by atoms with Gasteiger partial charge in [-0.05, 0) is 43.2 Å². The fourth-order valence-electron chi connectivity index (χ4n) is 3.79. The molecule has 1 N–H and O–H groups in total. The fourth-order valence-corrected chi connectivity index (χ4v) is 3.79. The molecule has 3 aromatic rings. The average Bonchev–Trinajstić information content (AvgIpc) is 3.40. The highest BCUT2D eigenvalue weighted by Gasteiger charge is 2.46. The van der Waals surface area contributed by atoms with Gasteiger partial charge in [0.05, 0.1) is 31.0 Å². The van der Waals surface area contributed by atoms with E-state index >= 15 is 0 Å². The van der Waals surface area contributed by atoms with E-state index in [9.17, 15) is 14.7 Å². The summed E-state index contributed by atoms with van der Waals surface area (Å²) in [5.41, 5.74) is 2.28. The van der Waals surface area contributed by atoms with Crippen LogP contribution in [-0.2, 0) is 16.1 Å². The number of Topliss-reactive ketones (excluding diaryl/α,β-unsaturated/α-hetero) is 1. The lowest BCUT2D eigenvalue weighted by atomic mass is 9.95. The van der Waals surface area contributed by atoms with Crippen molar-refractivity contribution in [3.63, 3.8) is 0 Å². The smallest absolute Gasteiger partial charge is 0.296 e. The van der Waals surface area contributed by atoms with Crippen molar-refractivity contribution >= 4 is 17.4 Å². The van der Waals surface area contributed by atoms with E-state index < -0.39 is 17.7 Å². The monoisotopic (exact) mass is 431 g/mol. The van der Waals surface area contributed by atoms with Crippen LogP contribution in [0, 0.1) is 6.92 Å². The molecule has 2 heterocycles. The molecule has 0 radical (unpaired) electrons. The fraction of sp³-hybridized carbons (Fsp3) is 0.231. The number of amides is 1. The second-order valence-corrected chi connectivity index (χ2v) is 7.79. The zero-order valence-corrected chi connectivity index (χ0v) is 18.1. The van der Waals surface area contributed by atoms with Crippen molar-refractivity contribution in [3.8, 4) is 5.75 Å². The van der Waals surface area contributed by atoms with Crippen LogP contribution in [0.2, 0.25) is 0 Å². The second-order valence-electron chi connectivity index (χ2n) is 7.79. The zero-order valence-electron chi connectivity index (χ0n) is 18.1. The highest BCUT2D eigenvalue weighted by Crippen LogP contribution is 2.40. The summed E-state index contributed by atoms with van der Waals surface area (Å²) in [7, 11) is 0. The van der Waals surface area contributed by atoms with Gasteiger partial charge >= 0.3 is 0 Å². The molecule has 32 heavy (non-hydrogen) atoms. The van der Waals surface area contributed by atoms with Crippen LogP contribution >= 0.6 is 0 Å². The normalized spacial score (nSPS) is 17.7. The van der Waals surface area contributed by atoms with E-state index in [2.05, 4.69) is 0 Å². The van der Waals surface area contributed by atoms with Gasteiger partial charge < -0.3 is 19.2 Å². The van der Waals surface area contributed by atoms with Crippen molar-refractivity contribution in [2.24, 2.45) is 0 Å². The summed E-state index contributed by atoms with van der Waals surface area (Å²) in [6.45, 7) is 4.68. The van der Waals surface area contributed by atoms with E-state index in [1.165, 1.54) is 11.2 Å². The first-order valence-electron chi connectivity index (χ1n) is 10.6. The first kappa shape index (κ1) is 21.4. The van der Waals surface area contributed by atoms with Crippen LogP contribution in [0.3, 0.4) is 0 Å². The van der Waals surface area contributed by atoms with Crippen LogP contribution in [0.15, 0.2) is 76.9 Å². The van der Waals surface area contributed by atoms with Crippen LogP contribution in [0.4, 0.5) is 0 Å². The van der Waals surface area contributed by atoms with Gasteiger partial charge in [0.15, 0.2) is 0 Å². The van der Waals surface area contributed by atoms with Crippen LogP contribution in [0.5, 0.6) is 5.75 Å². The number of hydrogen-bond acceptors (Lipinski definition) is 5. The van der Waals surface area contributed by atoms with Gasteiger partial charge in [0.25, 0.3) is 11.7 Å². The van der Waals surface area contributed by atoms with Crippen molar-refractivity contribution in [3.05, 3.63) is 95.0 Å². The van der Waals surface area contributed by atoms with Crippen molar-refractivity contribution in [2.75, 3.05) is 6.61 Å². The van der Waals surface area contributed by atoms with Crippen LogP contribution in [0.25, 0.3) is 5.76 Å². The number of furan rings is 1. The Kier molecular flexibility index (Phi) is 6.12. The Balaban J connectivity index is 1.79. The number of aliphatic hydroxyl groups is 1. The van der Waals surface area contributed by atoms with E-state index in [4.69, 9.17) is 9.15 Å². The van der Waals surface area contributed by atoms with Crippen molar-refractivity contribution in [2.45, 2.75) is 32.9 Å². The Hall–Kier alpha value is -3.80. The summed E-state index contributed by atoms with van der Waals surface area (Å²) < 4.78 is 11.1. The molecule has 1 saturated heterocycles. The molecular weight excluding hydrogens is 406 g/mol. The lowest BCUT2D eigenvalue weighted by molar-refractivity contribution is -0.140. The third-order valence-corrected chi connectivity index (χ3v) is 5.44. The van der Waals surface area contributed by atoms with Gasteiger partial charge in [0.2, 0.25) is 0 Å². The molecule has 0 spiro atoms. The minimum atomic E-state index is -0.748. The van der Waals surface area contributed by atoms with Gasteiger partial charge in [-0.15, -0.1) is 0 Å². The molecule has 0 bridgehead atoms. The summed E-state index contributed by atoms with van der Waals surface area (Å²) in [5.74, 6) is -0.328. The number of ketones is 1. The first-order valence-corrected chi connectivity index (χ1v) is 10.6. The van der Waals surface area contributed by atoms with Gasteiger partial charge in [-0.2, -0.15) is 0 Å². The van der Waals surface area contributed by atoms with E-state index in [0.29, 0.717) is 29.2 Å². The number of rotatable bonds is 7. The third kappa shape index (κ3) is 4.17. The standard InChI is InChI=1S/C26H25NO5/c1-3-14-31-20-12-10-18(11-13-20)23-22(24(28)19-8-6-17(2)7-9-19)25(29)26(30)27(23)16-21-5-4-15-32-21/h4-13,15,23,28H,3,14,16H2,1-2H3/b24-22-. The molecule has 6 heteroatoms. The summed E-state index contributed by atoms with van der Waals surface area (Å²) in [6, 6.07) is 17.2. The summed E-state index contributed by atoms with van der Waals surface area (Å²) >= 11 is 0. The number of aryl methyl sites for hydroxylation is 1. The summed E-state index contributed by atoms with van der Waals surface area (Å²) in [6.07, 6.45) is 2.41. The molecule has 2 aromatic carbocycles. The Morgan fingerprint density at radius 1 is 1.06 bits per heavy atom. The van der Waals surface area contributed by atoms with E-state index in [-0.39, 0.29) is 17.9 Å². The number of nitrogens with zero attached hydrogens (tertiary/aromatic N) is 1. The molecule has 6 nitrogen and oxygen atoms in total. The van der Waals surface area contributed by atoms with Crippen LogP contribution in [0.1, 0.15) is 41.8 Å². The molecule has 164 valence electrons. The molecule has 0 saturated carbocycles. The number of ether oxygens (including phenoxy) is 1. The second kappa shape index (κ2) is 9.14. The largest absolute Gasteiger partial charge is 0.507 e. The number of aliphatic hydroxyl groups excluding tert-OH is 1. The third-order valence-electron chi connectivity index (χ3n) is 5.44. The maximum Gasteiger partial charge on any atom is 0.296 e. The highest BCUT2D eigenvalue weighted by molar-refractivity contribution is 6.46. The quantitative estimate of drug-likeness (QED) is 0.324.